The summed E-state index contributed by atoms with van der Waals surface area (Å²) in [6.45, 7) is 0. The van der Waals surface area contributed by atoms with Crippen LogP contribution >= 0.6 is 0 Å². The first-order valence-corrected chi connectivity index (χ1v) is 4.29. The van der Waals surface area contributed by atoms with Crippen LogP contribution in [-0.4, -0.2) is 5.78 Å². The molecule has 2 aliphatic carbocycles. The van der Waals surface area contributed by atoms with Crippen LogP contribution in [0.4, 0.5) is 0 Å². The van der Waals surface area contributed by atoms with Gasteiger partial charge in [-0.3, -0.25) is 4.79 Å². The maximum atomic E-state index is 11.1. The molecule has 0 aromatic carbocycles. The SMILES string of the molecule is C#CC[C@H]1CCC(=O)[C@@H]2C[C@H]12. The van der Waals surface area contributed by atoms with Crippen molar-refractivity contribution in [3.05, 3.63) is 0 Å². The van der Waals surface area contributed by atoms with Crippen molar-refractivity contribution in [3.63, 3.8) is 0 Å². The predicted molar refractivity (Wildman–Crippen MR) is 42.8 cm³/mol. The maximum absolute atomic E-state index is 11.1. The summed E-state index contributed by atoms with van der Waals surface area (Å²) < 4.78 is 0. The summed E-state index contributed by atoms with van der Waals surface area (Å²) in [6, 6.07) is 0. The van der Waals surface area contributed by atoms with Crippen LogP contribution in [-0.2, 0) is 4.79 Å². The molecule has 58 valence electrons. The average Bonchev–Trinajstić information content (AvgIpc) is 2.75. The van der Waals surface area contributed by atoms with E-state index in [0.717, 1.165) is 25.7 Å². The van der Waals surface area contributed by atoms with E-state index >= 15 is 0 Å². The second-order valence-electron chi connectivity index (χ2n) is 3.68. The maximum Gasteiger partial charge on any atom is 0.136 e. The van der Waals surface area contributed by atoms with Gasteiger partial charge in [0.15, 0.2) is 0 Å². The van der Waals surface area contributed by atoms with Crippen molar-refractivity contribution in [2.24, 2.45) is 17.8 Å². The monoisotopic (exact) mass is 148 g/mol. The van der Waals surface area contributed by atoms with E-state index in [1.165, 1.54) is 0 Å². The predicted octanol–water partition coefficient (Wildman–Crippen LogP) is 1.62. The first-order chi connectivity index (χ1) is 5.33. The van der Waals surface area contributed by atoms with E-state index in [2.05, 4.69) is 5.92 Å². The van der Waals surface area contributed by atoms with Gasteiger partial charge in [-0.25, -0.2) is 0 Å². The van der Waals surface area contributed by atoms with Crippen LogP contribution in [0.5, 0.6) is 0 Å². The largest absolute Gasteiger partial charge is 0.299 e. The number of carbonyl (C=O) groups excluding carboxylic acids is 1. The zero-order valence-electron chi connectivity index (χ0n) is 6.55. The summed E-state index contributed by atoms with van der Waals surface area (Å²) in [5.74, 6) is 4.95. The Morgan fingerprint density at radius 2 is 2.45 bits per heavy atom. The molecule has 1 heteroatoms. The van der Waals surface area contributed by atoms with Crippen LogP contribution in [0.3, 0.4) is 0 Å². The lowest BCUT2D eigenvalue weighted by Gasteiger charge is -2.17. The van der Waals surface area contributed by atoms with E-state index in [-0.39, 0.29) is 0 Å². The number of fused-ring (bicyclic) bond motifs is 1. The lowest BCUT2D eigenvalue weighted by Crippen LogP contribution is -2.16. The van der Waals surface area contributed by atoms with Crippen LogP contribution < -0.4 is 0 Å². The molecule has 0 amide bonds. The van der Waals surface area contributed by atoms with E-state index in [4.69, 9.17) is 6.42 Å². The standard InChI is InChI=1S/C10H12O/c1-2-3-7-4-5-10(11)9-6-8(7)9/h1,7-9H,3-6H2/t7-,8+,9+/m0/s1. The molecule has 3 atom stereocenters. The molecule has 0 N–H and O–H groups in total. The molecule has 0 aromatic rings. The Bertz CT molecular complexity index is 224. The summed E-state index contributed by atoms with van der Waals surface area (Å²) in [5, 5.41) is 0. The molecule has 1 nitrogen and oxygen atoms in total. The van der Waals surface area contributed by atoms with Crippen LogP contribution in [0.15, 0.2) is 0 Å². The lowest BCUT2D eigenvalue weighted by atomic mass is 9.86. The molecule has 0 heterocycles. The molecule has 0 bridgehead atoms. The van der Waals surface area contributed by atoms with Gasteiger partial charge in [-0.05, 0) is 24.7 Å². The van der Waals surface area contributed by atoms with Gasteiger partial charge in [-0.1, -0.05) is 0 Å². The average molecular weight is 148 g/mol. The minimum Gasteiger partial charge on any atom is -0.299 e. The highest BCUT2D eigenvalue weighted by Gasteiger charge is 2.49. The molecule has 0 spiro atoms. The van der Waals surface area contributed by atoms with Crippen molar-refractivity contribution in [1.29, 1.82) is 0 Å². The highest BCUT2D eigenvalue weighted by molar-refractivity contribution is 5.84. The molecular weight excluding hydrogens is 136 g/mol. The van der Waals surface area contributed by atoms with Gasteiger partial charge in [0.2, 0.25) is 0 Å². The number of rotatable bonds is 1. The fraction of sp³-hybridized carbons (Fsp3) is 0.700. The number of carbonyl (C=O) groups is 1. The number of terminal acetylenes is 1. The Labute approximate surface area is 67.2 Å². The van der Waals surface area contributed by atoms with Crippen molar-refractivity contribution < 1.29 is 4.79 Å². The Morgan fingerprint density at radius 3 is 3.18 bits per heavy atom. The van der Waals surface area contributed by atoms with E-state index in [0.29, 0.717) is 23.5 Å². The molecule has 0 aromatic heterocycles. The molecule has 11 heavy (non-hydrogen) atoms. The second-order valence-corrected chi connectivity index (χ2v) is 3.68. The van der Waals surface area contributed by atoms with Crippen molar-refractivity contribution >= 4 is 5.78 Å². The summed E-state index contributed by atoms with van der Waals surface area (Å²) in [6.07, 6.45) is 9.08. The quantitative estimate of drug-likeness (QED) is 0.516. The fourth-order valence-corrected chi connectivity index (χ4v) is 2.24. The Balaban J connectivity index is 1.98. The van der Waals surface area contributed by atoms with Gasteiger partial charge in [-0.15, -0.1) is 12.3 Å². The molecule has 0 radical (unpaired) electrons. The summed E-state index contributed by atoms with van der Waals surface area (Å²) >= 11 is 0. The first-order valence-electron chi connectivity index (χ1n) is 4.29. The smallest absolute Gasteiger partial charge is 0.136 e. The van der Waals surface area contributed by atoms with Crippen molar-refractivity contribution in [2.45, 2.75) is 25.7 Å². The topological polar surface area (TPSA) is 17.1 Å². The number of hydrogen-bond acceptors (Lipinski definition) is 1. The molecule has 2 rings (SSSR count). The van der Waals surface area contributed by atoms with Gasteiger partial charge in [-0.2, -0.15) is 0 Å². The summed E-state index contributed by atoms with van der Waals surface area (Å²) in [4.78, 5) is 11.1. The Hall–Kier alpha value is -0.770. The molecule has 0 unspecified atom stereocenters. The third kappa shape index (κ3) is 1.07. The van der Waals surface area contributed by atoms with Crippen molar-refractivity contribution in [3.8, 4) is 12.3 Å². The lowest BCUT2D eigenvalue weighted by molar-refractivity contribution is -0.122. The third-order valence-corrected chi connectivity index (χ3v) is 3.00. The van der Waals surface area contributed by atoms with Gasteiger partial charge in [0.25, 0.3) is 0 Å². The Kier molecular flexibility index (Phi) is 1.49. The molecule has 2 saturated carbocycles. The number of Topliss-reactive ketones (excluding diaryl/α,β-unsaturated/α-hetero) is 1. The van der Waals surface area contributed by atoms with Gasteiger partial charge in [0, 0.05) is 18.8 Å². The van der Waals surface area contributed by atoms with E-state index < -0.39 is 0 Å². The van der Waals surface area contributed by atoms with Gasteiger partial charge >= 0.3 is 0 Å². The molecular formula is C10H12O. The first kappa shape index (κ1) is 6.91. The van der Waals surface area contributed by atoms with Gasteiger partial charge < -0.3 is 0 Å². The zero-order valence-corrected chi connectivity index (χ0v) is 6.55. The molecule has 0 aliphatic heterocycles. The van der Waals surface area contributed by atoms with Crippen molar-refractivity contribution in [1.82, 2.24) is 0 Å². The minimum absolute atomic E-state index is 0.419. The van der Waals surface area contributed by atoms with Crippen LogP contribution in [0.1, 0.15) is 25.7 Å². The fourth-order valence-electron chi connectivity index (χ4n) is 2.24. The minimum atomic E-state index is 0.419. The third-order valence-electron chi connectivity index (χ3n) is 3.00. The zero-order chi connectivity index (χ0) is 7.84. The van der Waals surface area contributed by atoms with Crippen molar-refractivity contribution in [2.75, 3.05) is 0 Å². The van der Waals surface area contributed by atoms with E-state index in [1.807, 2.05) is 0 Å². The van der Waals surface area contributed by atoms with Crippen LogP contribution in [0, 0.1) is 30.1 Å². The molecule has 2 aliphatic rings. The summed E-state index contributed by atoms with van der Waals surface area (Å²) in [5.41, 5.74) is 0. The Morgan fingerprint density at radius 1 is 1.64 bits per heavy atom. The molecule has 0 saturated heterocycles. The molecule has 2 fully saturated rings. The van der Waals surface area contributed by atoms with Crippen LogP contribution in [0.2, 0.25) is 0 Å². The van der Waals surface area contributed by atoms with E-state index in [1.54, 1.807) is 0 Å². The highest BCUT2D eigenvalue weighted by Crippen LogP contribution is 2.51. The van der Waals surface area contributed by atoms with Crippen LogP contribution in [0.25, 0.3) is 0 Å². The van der Waals surface area contributed by atoms with E-state index in [9.17, 15) is 4.79 Å². The highest BCUT2D eigenvalue weighted by atomic mass is 16.1. The number of hydrogen-bond donors (Lipinski definition) is 0. The van der Waals surface area contributed by atoms with Gasteiger partial charge in [0.05, 0.1) is 0 Å². The second kappa shape index (κ2) is 2.37. The summed E-state index contributed by atoms with van der Waals surface area (Å²) in [7, 11) is 0. The normalized spacial score (nSPS) is 41.0. The van der Waals surface area contributed by atoms with Gasteiger partial charge in [0.1, 0.15) is 5.78 Å². The number of ketones is 1.